The van der Waals surface area contributed by atoms with Crippen LogP contribution in [0.25, 0.3) is 10.8 Å². The minimum atomic E-state index is -3.81. The number of amides is 1. The molecule has 3 aromatic rings. The first kappa shape index (κ1) is 24.2. The Balaban J connectivity index is 1.70. The van der Waals surface area contributed by atoms with E-state index in [0.29, 0.717) is 17.2 Å². The molecule has 0 spiro atoms. The summed E-state index contributed by atoms with van der Waals surface area (Å²) >= 11 is 0. The molecule has 0 radical (unpaired) electrons. The molecule has 0 aliphatic heterocycles. The summed E-state index contributed by atoms with van der Waals surface area (Å²) in [4.78, 5) is 12.8. The number of nitrogens with zero attached hydrogens (tertiary/aromatic N) is 1. The molecule has 33 heavy (non-hydrogen) atoms. The monoisotopic (exact) mass is 472 g/mol. The molecule has 1 atom stereocenters. The normalized spacial score (nSPS) is 12.1. The van der Waals surface area contributed by atoms with E-state index >= 15 is 0 Å². The van der Waals surface area contributed by atoms with Gasteiger partial charge in [-0.05, 0) is 30.5 Å². The number of methoxy groups -OCH3 is 2. The van der Waals surface area contributed by atoms with Crippen LogP contribution in [0, 0.1) is 0 Å². The lowest BCUT2D eigenvalue weighted by molar-refractivity contribution is -0.121. The molecule has 0 unspecified atom stereocenters. The number of hydrogen-bond acceptors (Lipinski definition) is 6. The molecule has 1 N–H and O–H groups in total. The van der Waals surface area contributed by atoms with Crippen LogP contribution in [0.3, 0.4) is 0 Å². The van der Waals surface area contributed by atoms with E-state index in [2.05, 4.69) is 5.32 Å². The molecular formula is C24H28N2O6S. The van der Waals surface area contributed by atoms with Crippen LogP contribution in [-0.2, 0) is 14.8 Å². The Labute approximate surface area is 194 Å². The molecule has 9 heteroatoms. The lowest BCUT2D eigenvalue weighted by Crippen LogP contribution is -2.48. The second-order valence-electron chi connectivity index (χ2n) is 7.39. The number of fused-ring (bicyclic) bond motifs is 1. The Kier molecular flexibility index (Phi) is 7.65. The third-order valence-corrected chi connectivity index (χ3v) is 6.35. The summed E-state index contributed by atoms with van der Waals surface area (Å²) in [5, 5.41) is 4.79. The second kappa shape index (κ2) is 10.4. The average Bonchev–Trinajstić information content (AvgIpc) is 2.80. The van der Waals surface area contributed by atoms with Crippen molar-refractivity contribution in [2.75, 3.05) is 37.9 Å². The first-order chi connectivity index (χ1) is 15.8. The van der Waals surface area contributed by atoms with Gasteiger partial charge in [-0.1, -0.05) is 36.4 Å². The van der Waals surface area contributed by atoms with Crippen molar-refractivity contribution in [2.45, 2.75) is 13.0 Å². The molecule has 1 amide bonds. The first-order valence-corrected chi connectivity index (χ1v) is 12.2. The number of hydrogen-bond donors (Lipinski definition) is 1. The molecule has 0 saturated carbocycles. The number of carbonyl (C=O) groups excluding carboxylic acids is 1. The van der Waals surface area contributed by atoms with Gasteiger partial charge in [0, 0.05) is 11.5 Å². The van der Waals surface area contributed by atoms with Gasteiger partial charge in [0.1, 0.15) is 29.9 Å². The molecule has 0 bridgehead atoms. The van der Waals surface area contributed by atoms with E-state index in [1.165, 1.54) is 27.2 Å². The summed E-state index contributed by atoms with van der Waals surface area (Å²) in [5.41, 5.74) is 0.217. The standard InChI is InChI=1S/C24H28N2O6S/c1-17(26(33(4,28)29)21-16-19(30-2)12-13-23(21)31-3)24(27)25-14-15-32-22-11-7-9-18-8-5-6-10-20(18)22/h5-13,16-17H,14-15H2,1-4H3,(H,25,27)/t17-/m1/s1. The maximum absolute atomic E-state index is 12.8. The molecule has 3 rings (SSSR count). The van der Waals surface area contributed by atoms with Crippen LogP contribution in [0.2, 0.25) is 0 Å². The van der Waals surface area contributed by atoms with E-state index < -0.39 is 22.0 Å². The average molecular weight is 473 g/mol. The Hall–Kier alpha value is -3.46. The summed E-state index contributed by atoms with van der Waals surface area (Å²) in [6, 6.07) is 17.4. The number of carbonyl (C=O) groups is 1. The summed E-state index contributed by atoms with van der Waals surface area (Å²) in [5.74, 6) is 0.997. The Bertz CT molecular complexity index is 1220. The van der Waals surface area contributed by atoms with Gasteiger partial charge in [0.2, 0.25) is 15.9 Å². The van der Waals surface area contributed by atoms with Crippen molar-refractivity contribution in [3.05, 3.63) is 60.7 Å². The third kappa shape index (κ3) is 5.67. The highest BCUT2D eigenvalue weighted by atomic mass is 32.2. The van der Waals surface area contributed by atoms with Gasteiger partial charge < -0.3 is 19.5 Å². The molecular weight excluding hydrogens is 444 g/mol. The Morgan fingerprint density at radius 1 is 1.00 bits per heavy atom. The van der Waals surface area contributed by atoms with Gasteiger partial charge in [-0.3, -0.25) is 9.10 Å². The molecule has 0 aliphatic rings. The predicted molar refractivity (Wildman–Crippen MR) is 129 cm³/mol. The van der Waals surface area contributed by atoms with Crippen LogP contribution in [-0.4, -0.2) is 54.0 Å². The molecule has 3 aromatic carbocycles. The smallest absolute Gasteiger partial charge is 0.243 e. The van der Waals surface area contributed by atoms with Crippen molar-refractivity contribution >= 4 is 32.4 Å². The molecule has 0 aliphatic carbocycles. The van der Waals surface area contributed by atoms with Crippen LogP contribution in [0.4, 0.5) is 5.69 Å². The van der Waals surface area contributed by atoms with E-state index in [1.54, 1.807) is 12.1 Å². The van der Waals surface area contributed by atoms with Crippen LogP contribution < -0.4 is 23.8 Å². The van der Waals surface area contributed by atoms with Crippen molar-refractivity contribution in [2.24, 2.45) is 0 Å². The van der Waals surface area contributed by atoms with Crippen molar-refractivity contribution in [3.8, 4) is 17.2 Å². The molecule has 0 fully saturated rings. The summed E-state index contributed by atoms with van der Waals surface area (Å²) < 4.78 is 42.6. The number of ether oxygens (including phenoxy) is 3. The van der Waals surface area contributed by atoms with Gasteiger partial charge in [0.15, 0.2) is 0 Å². The Morgan fingerprint density at radius 2 is 1.73 bits per heavy atom. The topological polar surface area (TPSA) is 94.2 Å². The molecule has 8 nitrogen and oxygen atoms in total. The molecule has 0 saturated heterocycles. The number of benzene rings is 3. The maximum atomic E-state index is 12.8. The van der Waals surface area contributed by atoms with E-state index in [1.807, 2.05) is 42.5 Å². The van der Waals surface area contributed by atoms with E-state index in [0.717, 1.165) is 21.3 Å². The second-order valence-corrected chi connectivity index (χ2v) is 9.25. The maximum Gasteiger partial charge on any atom is 0.243 e. The number of rotatable bonds is 10. The highest BCUT2D eigenvalue weighted by molar-refractivity contribution is 7.92. The largest absolute Gasteiger partial charge is 0.497 e. The minimum Gasteiger partial charge on any atom is -0.497 e. The van der Waals surface area contributed by atoms with Crippen LogP contribution in [0.1, 0.15) is 6.92 Å². The third-order valence-electron chi connectivity index (χ3n) is 5.12. The zero-order valence-electron chi connectivity index (χ0n) is 19.1. The van der Waals surface area contributed by atoms with Crippen LogP contribution in [0.5, 0.6) is 17.2 Å². The van der Waals surface area contributed by atoms with Gasteiger partial charge in [-0.15, -0.1) is 0 Å². The summed E-state index contributed by atoms with van der Waals surface area (Å²) in [6.07, 6.45) is 1.04. The summed E-state index contributed by atoms with van der Waals surface area (Å²) in [6.45, 7) is 1.95. The van der Waals surface area contributed by atoms with Crippen molar-refractivity contribution in [3.63, 3.8) is 0 Å². The highest BCUT2D eigenvalue weighted by Crippen LogP contribution is 2.35. The molecule has 0 heterocycles. The molecule has 176 valence electrons. The van der Waals surface area contributed by atoms with Crippen molar-refractivity contribution in [1.82, 2.24) is 5.32 Å². The van der Waals surface area contributed by atoms with E-state index in [9.17, 15) is 13.2 Å². The zero-order valence-corrected chi connectivity index (χ0v) is 19.9. The van der Waals surface area contributed by atoms with Crippen molar-refractivity contribution < 1.29 is 27.4 Å². The van der Waals surface area contributed by atoms with Crippen LogP contribution in [0.15, 0.2) is 60.7 Å². The van der Waals surface area contributed by atoms with E-state index in [-0.39, 0.29) is 18.8 Å². The van der Waals surface area contributed by atoms with Crippen molar-refractivity contribution in [1.29, 1.82) is 0 Å². The fraction of sp³-hybridized carbons (Fsp3) is 0.292. The van der Waals surface area contributed by atoms with Gasteiger partial charge in [-0.2, -0.15) is 0 Å². The quantitative estimate of drug-likeness (QED) is 0.456. The minimum absolute atomic E-state index is 0.208. The number of nitrogens with one attached hydrogen (secondary N) is 1. The molecule has 0 aromatic heterocycles. The number of anilines is 1. The Morgan fingerprint density at radius 3 is 2.42 bits per heavy atom. The van der Waals surface area contributed by atoms with Crippen LogP contribution >= 0.6 is 0 Å². The van der Waals surface area contributed by atoms with Gasteiger partial charge >= 0.3 is 0 Å². The SMILES string of the molecule is COc1ccc(OC)c(N([C@H](C)C(=O)NCCOc2cccc3ccccc23)S(C)(=O)=O)c1. The fourth-order valence-corrected chi connectivity index (χ4v) is 4.72. The highest BCUT2D eigenvalue weighted by Gasteiger charge is 2.31. The van der Waals surface area contributed by atoms with E-state index in [4.69, 9.17) is 14.2 Å². The number of sulfonamides is 1. The fourth-order valence-electron chi connectivity index (χ4n) is 3.55. The zero-order chi connectivity index (χ0) is 24.0. The summed E-state index contributed by atoms with van der Waals surface area (Å²) in [7, 11) is -0.906. The van der Waals surface area contributed by atoms with Gasteiger partial charge in [-0.25, -0.2) is 8.42 Å². The van der Waals surface area contributed by atoms with Gasteiger partial charge in [0.25, 0.3) is 0 Å². The predicted octanol–water partition coefficient (Wildman–Crippen LogP) is 3.21. The van der Waals surface area contributed by atoms with Gasteiger partial charge in [0.05, 0.1) is 32.7 Å². The lowest BCUT2D eigenvalue weighted by atomic mass is 10.1. The lowest BCUT2D eigenvalue weighted by Gasteiger charge is -2.29. The first-order valence-electron chi connectivity index (χ1n) is 10.4.